The second kappa shape index (κ2) is 6.61. The normalized spacial score (nSPS) is 11.8. The Labute approximate surface area is 128 Å². The van der Waals surface area contributed by atoms with Gasteiger partial charge in [0.25, 0.3) is 0 Å². The van der Waals surface area contributed by atoms with E-state index >= 15 is 0 Å². The summed E-state index contributed by atoms with van der Waals surface area (Å²) in [6, 6.07) is 7.73. The molecule has 0 saturated heterocycles. The van der Waals surface area contributed by atoms with E-state index in [0.717, 1.165) is 16.5 Å². The zero-order valence-electron chi connectivity index (χ0n) is 11.8. The number of hydrogen-bond donors (Lipinski definition) is 1. The van der Waals surface area contributed by atoms with Crippen molar-refractivity contribution in [3.8, 4) is 0 Å². The molecule has 0 saturated carbocycles. The van der Waals surface area contributed by atoms with Gasteiger partial charge in [0.05, 0.1) is 16.3 Å². The molecule has 0 amide bonds. The molecule has 4 nitrogen and oxygen atoms in total. The highest BCUT2D eigenvalue weighted by molar-refractivity contribution is 7.98. The van der Waals surface area contributed by atoms with Crippen molar-refractivity contribution in [3.63, 3.8) is 0 Å². The molecule has 0 bridgehead atoms. The van der Waals surface area contributed by atoms with Gasteiger partial charge >= 0.3 is 0 Å². The monoisotopic (exact) mass is 311 g/mol. The molecular weight excluding hydrogens is 294 g/mol. The van der Waals surface area contributed by atoms with Crippen LogP contribution in [0.3, 0.4) is 0 Å². The van der Waals surface area contributed by atoms with Gasteiger partial charge in [0.15, 0.2) is 5.82 Å². The highest BCUT2D eigenvalue weighted by Gasteiger charge is 2.26. The molecule has 0 fully saturated rings. The zero-order valence-corrected chi connectivity index (χ0v) is 13.4. The first-order valence-corrected chi connectivity index (χ1v) is 7.84. The van der Waals surface area contributed by atoms with Crippen molar-refractivity contribution in [1.29, 1.82) is 0 Å². The second-order valence-corrected chi connectivity index (χ2v) is 6.31. The van der Waals surface area contributed by atoms with Crippen LogP contribution in [0, 0.1) is 0 Å². The number of thioether (sulfide) groups is 1. The van der Waals surface area contributed by atoms with Crippen LogP contribution in [-0.2, 0) is 11.3 Å². The summed E-state index contributed by atoms with van der Waals surface area (Å²) in [6.07, 6.45) is 0. The van der Waals surface area contributed by atoms with E-state index in [2.05, 4.69) is 15.5 Å². The van der Waals surface area contributed by atoms with Gasteiger partial charge in [-0.1, -0.05) is 35.8 Å². The molecule has 0 unspecified atom stereocenters. The van der Waals surface area contributed by atoms with E-state index in [1.54, 1.807) is 11.8 Å². The Balaban J connectivity index is 2.02. The summed E-state index contributed by atoms with van der Waals surface area (Å²) in [7, 11) is 0. The number of halogens is 1. The Hall–Kier alpha value is -1.04. The van der Waals surface area contributed by atoms with Gasteiger partial charge in [-0.05, 0) is 32.5 Å². The van der Waals surface area contributed by atoms with Crippen molar-refractivity contribution in [3.05, 3.63) is 41.0 Å². The molecule has 0 aliphatic rings. The first-order chi connectivity index (χ1) is 9.53. The van der Waals surface area contributed by atoms with Crippen LogP contribution in [0.1, 0.15) is 32.5 Å². The predicted molar refractivity (Wildman–Crippen MR) is 82.0 cm³/mol. The Kier molecular flexibility index (Phi) is 5.07. The summed E-state index contributed by atoms with van der Waals surface area (Å²) >= 11 is 7.71. The molecule has 0 spiro atoms. The van der Waals surface area contributed by atoms with Crippen LogP contribution >= 0.6 is 23.4 Å². The van der Waals surface area contributed by atoms with Crippen LogP contribution in [0.25, 0.3) is 0 Å². The van der Waals surface area contributed by atoms with E-state index in [4.69, 9.17) is 16.1 Å². The smallest absolute Gasteiger partial charge is 0.246 e. The number of benzene rings is 1. The number of rotatable bonds is 6. The molecule has 108 valence electrons. The third-order valence-electron chi connectivity index (χ3n) is 2.81. The topological polar surface area (TPSA) is 51.0 Å². The van der Waals surface area contributed by atoms with E-state index in [-0.39, 0.29) is 5.54 Å². The lowest BCUT2D eigenvalue weighted by atomic mass is 10.1. The minimum absolute atomic E-state index is 0.310. The number of aromatic nitrogens is 2. The van der Waals surface area contributed by atoms with Crippen LogP contribution in [0.2, 0.25) is 5.02 Å². The molecule has 0 radical (unpaired) electrons. The van der Waals surface area contributed by atoms with Crippen LogP contribution < -0.4 is 5.32 Å². The number of hydrogen-bond acceptors (Lipinski definition) is 5. The largest absolute Gasteiger partial charge is 0.337 e. The summed E-state index contributed by atoms with van der Waals surface area (Å²) in [6.45, 7) is 6.94. The fourth-order valence-corrected chi connectivity index (χ4v) is 2.87. The summed E-state index contributed by atoms with van der Waals surface area (Å²) in [4.78, 5) is 5.46. The standard InChI is InChI=1S/C14H18ClN3OS/c1-4-16-14(2,3)13-17-12(18-19-13)9-20-11-8-6-5-7-10(11)15/h5-8,16H,4,9H2,1-3H3. The molecule has 1 aromatic heterocycles. The fourth-order valence-electron chi connectivity index (χ4n) is 1.79. The third kappa shape index (κ3) is 3.75. The lowest BCUT2D eigenvalue weighted by Crippen LogP contribution is -2.36. The second-order valence-electron chi connectivity index (χ2n) is 4.89. The molecule has 6 heteroatoms. The van der Waals surface area contributed by atoms with Crippen LogP contribution in [0.5, 0.6) is 0 Å². The van der Waals surface area contributed by atoms with Crippen molar-refractivity contribution in [2.45, 2.75) is 37.0 Å². The first-order valence-electron chi connectivity index (χ1n) is 6.48. The highest BCUT2D eigenvalue weighted by atomic mass is 35.5. The minimum Gasteiger partial charge on any atom is -0.337 e. The zero-order chi connectivity index (χ0) is 14.6. The van der Waals surface area contributed by atoms with Crippen molar-refractivity contribution in [2.75, 3.05) is 6.54 Å². The molecule has 20 heavy (non-hydrogen) atoms. The van der Waals surface area contributed by atoms with Gasteiger partial charge in [-0.3, -0.25) is 0 Å². The lowest BCUT2D eigenvalue weighted by Gasteiger charge is -2.20. The van der Waals surface area contributed by atoms with Crippen LogP contribution in [-0.4, -0.2) is 16.7 Å². The third-order valence-corrected chi connectivity index (χ3v) is 4.33. The average Bonchev–Trinajstić information content (AvgIpc) is 2.87. The van der Waals surface area contributed by atoms with Gasteiger partial charge in [0.2, 0.25) is 5.89 Å². The highest BCUT2D eigenvalue weighted by Crippen LogP contribution is 2.29. The van der Waals surface area contributed by atoms with E-state index in [9.17, 15) is 0 Å². The van der Waals surface area contributed by atoms with Crippen LogP contribution in [0.15, 0.2) is 33.7 Å². The Morgan fingerprint density at radius 2 is 2.10 bits per heavy atom. The van der Waals surface area contributed by atoms with Crippen molar-refractivity contribution < 1.29 is 4.52 Å². The number of nitrogens with zero attached hydrogens (tertiary/aromatic N) is 2. The van der Waals surface area contributed by atoms with Gasteiger partial charge in [0.1, 0.15) is 0 Å². The van der Waals surface area contributed by atoms with E-state index in [1.165, 1.54) is 0 Å². The number of nitrogens with one attached hydrogen (secondary N) is 1. The van der Waals surface area contributed by atoms with Crippen molar-refractivity contribution in [1.82, 2.24) is 15.5 Å². The van der Waals surface area contributed by atoms with Gasteiger partial charge in [-0.15, -0.1) is 11.8 Å². The Morgan fingerprint density at radius 1 is 1.35 bits per heavy atom. The van der Waals surface area contributed by atoms with E-state index in [1.807, 2.05) is 45.0 Å². The summed E-state index contributed by atoms with van der Waals surface area (Å²) in [5, 5.41) is 8.07. The Bertz CT molecular complexity index is 571. The van der Waals surface area contributed by atoms with E-state index in [0.29, 0.717) is 17.5 Å². The lowest BCUT2D eigenvalue weighted by molar-refractivity contribution is 0.271. The van der Waals surface area contributed by atoms with Gasteiger partial charge < -0.3 is 9.84 Å². The predicted octanol–water partition coefficient (Wildman–Crippen LogP) is 3.86. The molecule has 1 N–H and O–H groups in total. The van der Waals surface area contributed by atoms with Crippen molar-refractivity contribution >= 4 is 23.4 Å². The maximum atomic E-state index is 6.11. The minimum atomic E-state index is -0.310. The molecule has 0 atom stereocenters. The van der Waals surface area contributed by atoms with Gasteiger partial charge in [-0.2, -0.15) is 4.98 Å². The maximum Gasteiger partial charge on any atom is 0.246 e. The molecule has 1 heterocycles. The summed E-state index contributed by atoms with van der Waals surface area (Å²) in [5.41, 5.74) is -0.310. The average molecular weight is 312 g/mol. The van der Waals surface area contributed by atoms with E-state index < -0.39 is 0 Å². The summed E-state index contributed by atoms with van der Waals surface area (Å²) in [5.74, 6) is 1.92. The molecule has 2 aromatic rings. The van der Waals surface area contributed by atoms with Crippen LogP contribution in [0.4, 0.5) is 0 Å². The molecule has 0 aliphatic heterocycles. The van der Waals surface area contributed by atoms with Crippen molar-refractivity contribution in [2.24, 2.45) is 0 Å². The molecular formula is C14H18ClN3OS. The molecule has 1 aromatic carbocycles. The fraction of sp³-hybridized carbons (Fsp3) is 0.429. The molecule has 0 aliphatic carbocycles. The molecule has 2 rings (SSSR count). The SMILES string of the molecule is CCNC(C)(C)c1nc(CSc2ccccc2Cl)no1. The quantitative estimate of drug-likeness (QED) is 0.821. The Morgan fingerprint density at radius 3 is 2.80 bits per heavy atom. The first kappa shape index (κ1) is 15.4. The summed E-state index contributed by atoms with van der Waals surface area (Å²) < 4.78 is 5.33. The van der Waals surface area contributed by atoms with Gasteiger partial charge in [-0.25, -0.2) is 0 Å². The van der Waals surface area contributed by atoms with Gasteiger partial charge in [0, 0.05) is 4.90 Å². The maximum absolute atomic E-state index is 6.11.